The molecular weight excluding hydrogens is 328 g/mol. The summed E-state index contributed by atoms with van der Waals surface area (Å²) in [5.74, 6) is 5.08. The number of benzene rings is 1. The van der Waals surface area contributed by atoms with Crippen molar-refractivity contribution in [2.45, 2.75) is 77.0 Å². The van der Waals surface area contributed by atoms with Crippen LogP contribution in [0.25, 0.3) is 0 Å². The van der Waals surface area contributed by atoms with Crippen molar-refractivity contribution in [3.8, 4) is 5.75 Å². The first-order chi connectivity index (χ1) is 12.3. The van der Waals surface area contributed by atoms with E-state index in [0.29, 0.717) is 5.92 Å². The normalized spacial score (nSPS) is 30.2. The van der Waals surface area contributed by atoms with Crippen LogP contribution >= 0.6 is 11.6 Å². The third-order valence-electron chi connectivity index (χ3n) is 6.57. The van der Waals surface area contributed by atoms with Crippen molar-refractivity contribution < 1.29 is 4.74 Å². The molecule has 0 heterocycles. The summed E-state index contributed by atoms with van der Waals surface area (Å²) < 4.78 is 6.07. The van der Waals surface area contributed by atoms with E-state index in [4.69, 9.17) is 16.3 Å². The summed E-state index contributed by atoms with van der Waals surface area (Å²) in [6.45, 7) is 3.19. The summed E-state index contributed by atoms with van der Waals surface area (Å²) in [5, 5.41) is 0. The molecule has 2 fully saturated rings. The van der Waals surface area contributed by atoms with Crippen molar-refractivity contribution in [3.63, 3.8) is 0 Å². The summed E-state index contributed by atoms with van der Waals surface area (Å²) in [7, 11) is 0. The molecular formula is C23H35ClO. The molecule has 3 rings (SSSR count). The van der Waals surface area contributed by atoms with Crippen LogP contribution in [0.2, 0.25) is 0 Å². The topological polar surface area (TPSA) is 9.23 Å². The number of hydrogen-bond donors (Lipinski definition) is 0. The van der Waals surface area contributed by atoms with Crippen LogP contribution in [0.15, 0.2) is 24.3 Å². The van der Waals surface area contributed by atoms with Gasteiger partial charge in [0.25, 0.3) is 0 Å². The Balaban J connectivity index is 1.42. The molecule has 0 aromatic heterocycles. The summed E-state index contributed by atoms with van der Waals surface area (Å²) in [5.41, 5.74) is 1.52. The molecule has 0 amide bonds. The predicted octanol–water partition coefficient (Wildman–Crippen LogP) is 7.18. The number of alkyl halides is 1. The zero-order valence-electron chi connectivity index (χ0n) is 15.9. The van der Waals surface area contributed by atoms with Gasteiger partial charge >= 0.3 is 0 Å². The van der Waals surface area contributed by atoms with Gasteiger partial charge in [-0.05, 0) is 92.7 Å². The highest BCUT2D eigenvalue weighted by molar-refractivity contribution is 6.18. The van der Waals surface area contributed by atoms with E-state index < -0.39 is 0 Å². The van der Waals surface area contributed by atoms with Crippen molar-refractivity contribution in [1.82, 2.24) is 0 Å². The van der Waals surface area contributed by atoms with Crippen molar-refractivity contribution in [2.24, 2.45) is 17.8 Å². The molecule has 0 spiro atoms. The van der Waals surface area contributed by atoms with E-state index in [9.17, 15) is 0 Å². The molecule has 0 aliphatic heterocycles. The summed E-state index contributed by atoms with van der Waals surface area (Å²) in [6.07, 6.45) is 13.4. The van der Waals surface area contributed by atoms with E-state index in [0.717, 1.165) is 36.0 Å². The maximum atomic E-state index is 6.07. The largest absolute Gasteiger partial charge is 0.493 e. The molecule has 0 radical (unpaired) electrons. The predicted molar refractivity (Wildman–Crippen MR) is 108 cm³/mol. The van der Waals surface area contributed by atoms with Gasteiger partial charge in [-0.3, -0.25) is 0 Å². The molecule has 0 atom stereocenters. The monoisotopic (exact) mass is 362 g/mol. The third kappa shape index (κ3) is 5.64. The minimum atomic E-state index is 0.716. The van der Waals surface area contributed by atoms with Gasteiger partial charge in [-0.1, -0.05) is 31.9 Å². The van der Waals surface area contributed by atoms with E-state index in [2.05, 4.69) is 31.2 Å². The van der Waals surface area contributed by atoms with Gasteiger partial charge in [-0.2, -0.15) is 0 Å². The lowest BCUT2D eigenvalue weighted by Crippen LogP contribution is -2.20. The van der Waals surface area contributed by atoms with Crippen molar-refractivity contribution >= 4 is 11.6 Å². The molecule has 0 bridgehead atoms. The lowest BCUT2D eigenvalue weighted by molar-refractivity contribution is 0.189. The van der Waals surface area contributed by atoms with E-state index in [1.807, 2.05) is 0 Å². The summed E-state index contributed by atoms with van der Waals surface area (Å²) in [4.78, 5) is 0. The Morgan fingerprint density at radius 2 is 1.44 bits per heavy atom. The summed E-state index contributed by atoms with van der Waals surface area (Å²) in [6, 6.07) is 9.00. The number of ether oxygens (including phenoxy) is 1. The van der Waals surface area contributed by atoms with Crippen LogP contribution in [0.5, 0.6) is 5.75 Å². The standard InChI is InChI=1S/C23H35ClO/c1-2-3-18-8-10-21(11-9-18)22-12-14-23(15-13-22)25-17-20-6-4-19(16-24)5-7-20/h12-15,18-21H,2-11,16-17H2,1H3. The van der Waals surface area contributed by atoms with Crippen LogP contribution < -0.4 is 4.74 Å². The average Bonchev–Trinajstić information content (AvgIpc) is 2.68. The molecule has 0 unspecified atom stereocenters. The molecule has 25 heavy (non-hydrogen) atoms. The van der Waals surface area contributed by atoms with Crippen molar-refractivity contribution in [3.05, 3.63) is 29.8 Å². The molecule has 2 heteroatoms. The Kier molecular flexibility index (Phi) is 7.52. The summed E-state index contributed by atoms with van der Waals surface area (Å²) >= 11 is 5.97. The fraction of sp³-hybridized carbons (Fsp3) is 0.739. The molecule has 1 aromatic carbocycles. The van der Waals surface area contributed by atoms with Crippen LogP contribution in [0.4, 0.5) is 0 Å². The minimum absolute atomic E-state index is 0.716. The smallest absolute Gasteiger partial charge is 0.119 e. The fourth-order valence-corrected chi connectivity index (χ4v) is 5.10. The third-order valence-corrected chi connectivity index (χ3v) is 7.00. The van der Waals surface area contributed by atoms with Crippen molar-refractivity contribution in [2.75, 3.05) is 12.5 Å². The van der Waals surface area contributed by atoms with E-state index in [-0.39, 0.29) is 0 Å². The number of rotatable bonds is 7. The maximum Gasteiger partial charge on any atom is 0.119 e. The first-order valence-electron chi connectivity index (χ1n) is 10.6. The number of hydrogen-bond acceptors (Lipinski definition) is 1. The van der Waals surface area contributed by atoms with Crippen LogP contribution in [0.1, 0.15) is 82.6 Å². The molecule has 2 saturated carbocycles. The second kappa shape index (κ2) is 9.86. The van der Waals surface area contributed by atoms with Crippen molar-refractivity contribution in [1.29, 1.82) is 0 Å². The van der Waals surface area contributed by atoms with E-state index in [1.54, 1.807) is 0 Å². The highest BCUT2D eigenvalue weighted by Gasteiger charge is 2.22. The zero-order valence-corrected chi connectivity index (χ0v) is 16.6. The Morgan fingerprint density at radius 1 is 0.840 bits per heavy atom. The molecule has 0 saturated heterocycles. The molecule has 1 aromatic rings. The lowest BCUT2D eigenvalue weighted by Gasteiger charge is -2.29. The highest BCUT2D eigenvalue weighted by atomic mass is 35.5. The minimum Gasteiger partial charge on any atom is -0.493 e. The van der Waals surface area contributed by atoms with Crippen LogP contribution in [-0.4, -0.2) is 12.5 Å². The molecule has 140 valence electrons. The van der Waals surface area contributed by atoms with E-state index in [1.165, 1.54) is 69.8 Å². The molecule has 0 N–H and O–H groups in total. The van der Waals surface area contributed by atoms with Gasteiger partial charge in [0.1, 0.15) is 5.75 Å². The Bertz CT molecular complexity index is 481. The molecule has 2 aliphatic carbocycles. The quantitative estimate of drug-likeness (QED) is 0.466. The second-order valence-corrected chi connectivity index (χ2v) is 8.74. The Morgan fingerprint density at radius 3 is 2.04 bits per heavy atom. The second-order valence-electron chi connectivity index (χ2n) is 8.43. The molecule has 1 nitrogen and oxygen atoms in total. The van der Waals surface area contributed by atoms with Crippen LogP contribution in [-0.2, 0) is 0 Å². The first kappa shape index (κ1) is 19.1. The van der Waals surface area contributed by atoms with Crippen LogP contribution in [0.3, 0.4) is 0 Å². The van der Waals surface area contributed by atoms with E-state index >= 15 is 0 Å². The van der Waals surface area contributed by atoms with Gasteiger partial charge in [-0.25, -0.2) is 0 Å². The highest BCUT2D eigenvalue weighted by Crippen LogP contribution is 2.38. The van der Waals surface area contributed by atoms with Gasteiger partial charge in [0.05, 0.1) is 6.61 Å². The van der Waals surface area contributed by atoms with Gasteiger partial charge in [-0.15, -0.1) is 11.6 Å². The SMILES string of the molecule is CCCC1CCC(c2ccc(OCC3CCC(CCl)CC3)cc2)CC1. The first-order valence-corrected chi connectivity index (χ1v) is 11.1. The lowest BCUT2D eigenvalue weighted by atomic mass is 9.77. The Labute approximate surface area is 159 Å². The fourth-order valence-electron chi connectivity index (χ4n) is 4.80. The number of halogens is 1. The van der Waals surface area contributed by atoms with Gasteiger partial charge in [0, 0.05) is 5.88 Å². The molecule has 2 aliphatic rings. The Hall–Kier alpha value is -0.690. The van der Waals surface area contributed by atoms with Gasteiger partial charge in [0.2, 0.25) is 0 Å². The van der Waals surface area contributed by atoms with Crippen LogP contribution in [0, 0.1) is 17.8 Å². The zero-order chi connectivity index (χ0) is 17.5. The van der Waals surface area contributed by atoms with Gasteiger partial charge in [0.15, 0.2) is 0 Å². The average molecular weight is 363 g/mol. The van der Waals surface area contributed by atoms with Gasteiger partial charge < -0.3 is 4.74 Å². The maximum absolute atomic E-state index is 6.07.